The van der Waals surface area contributed by atoms with Crippen molar-refractivity contribution >= 4 is 17.5 Å². The molecule has 1 saturated carbocycles. The van der Waals surface area contributed by atoms with Crippen LogP contribution in [0.15, 0.2) is 36.4 Å². The molecular weight excluding hydrogens is 545 g/mol. The van der Waals surface area contributed by atoms with Crippen molar-refractivity contribution in [2.75, 3.05) is 70.3 Å². The molecule has 2 aromatic rings. The largest absolute Gasteiger partial charge is 0.484 e. The number of hydrogen-bond acceptors (Lipinski definition) is 4. The van der Waals surface area contributed by atoms with Crippen molar-refractivity contribution in [3.05, 3.63) is 58.9 Å². The average Bonchev–Trinajstić information content (AvgIpc) is 3.54. The van der Waals surface area contributed by atoms with Crippen LogP contribution in [-0.4, -0.2) is 93.2 Å². The summed E-state index contributed by atoms with van der Waals surface area (Å²) in [7, 11) is 0. The predicted molar refractivity (Wildman–Crippen MR) is 164 cm³/mol. The Labute approximate surface area is 254 Å². The number of piperazine rings is 2. The van der Waals surface area contributed by atoms with Gasteiger partial charge < -0.3 is 30.1 Å². The third kappa shape index (κ3) is 6.99. The molecule has 0 spiro atoms. The summed E-state index contributed by atoms with van der Waals surface area (Å²) in [6, 6.07) is 10.7. The van der Waals surface area contributed by atoms with E-state index in [1.807, 2.05) is 23.1 Å². The number of rotatable bonds is 6. The van der Waals surface area contributed by atoms with E-state index in [1.54, 1.807) is 4.90 Å². The van der Waals surface area contributed by atoms with Crippen molar-refractivity contribution in [1.82, 2.24) is 9.80 Å². The number of carbonyl (C=O) groups excluding carboxylic acids is 2. The molecule has 3 heterocycles. The minimum atomic E-state index is -0.389. The first-order valence-electron chi connectivity index (χ1n) is 16.3. The van der Waals surface area contributed by atoms with E-state index >= 15 is 0 Å². The fourth-order valence-corrected chi connectivity index (χ4v) is 7.20. The van der Waals surface area contributed by atoms with E-state index < -0.39 is 0 Å². The molecule has 2 amide bonds. The van der Waals surface area contributed by atoms with Crippen LogP contribution in [0.2, 0.25) is 0 Å². The number of nitrogens with zero attached hydrogens (tertiary/aromatic N) is 3. The molecule has 4 fully saturated rings. The molecule has 4 N–H and O–H groups in total. The highest BCUT2D eigenvalue weighted by Gasteiger charge is 2.32. The zero-order chi connectivity index (χ0) is 30.0. The second kappa shape index (κ2) is 12.8. The van der Waals surface area contributed by atoms with Gasteiger partial charge >= 0.3 is 0 Å². The Kier molecular flexibility index (Phi) is 8.91. The molecular formula is C34H48FN5O3+2. The maximum Gasteiger partial charge on any atom is 0.254 e. The Morgan fingerprint density at radius 3 is 2.14 bits per heavy atom. The Morgan fingerprint density at radius 2 is 1.49 bits per heavy atom. The normalized spacial score (nSPS) is 23.0. The van der Waals surface area contributed by atoms with Crippen LogP contribution in [0.5, 0.6) is 5.75 Å². The molecule has 0 radical (unpaired) electrons. The number of benzene rings is 2. The van der Waals surface area contributed by atoms with Crippen molar-refractivity contribution in [3.63, 3.8) is 0 Å². The quantitative estimate of drug-likeness (QED) is 0.538. The number of halogens is 1. The molecule has 1 atom stereocenters. The average molecular weight is 594 g/mol. The molecule has 1 aliphatic carbocycles. The summed E-state index contributed by atoms with van der Waals surface area (Å²) < 4.78 is 21.0. The Bertz CT molecular complexity index is 1300. The third-order valence-electron chi connectivity index (χ3n) is 10.0. The van der Waals surface area contributed by atoms with Crippen molar-refractivity contribution in [2.24, 2.45) is 5.41 Å². The lowest BCUT2D eigenvalue weighted by atomic mass is 9.71. The topological polar surface area (TPSA) is 86.3 Å². The van der Waals surface area contributed by atoms with E-state index in [0.717, 1.165) is 70.0 Å². The van der Waals surface area contributed by atoms with Gasteiger partial charge in [-0.2, -0.15) is 0 Å². The van der Waals surface area contributed by atoms with E-state index in [1.165, 1.54) is 30.5 Å². The first kappa shape index (κ1) is 29.9. The van der Waals surface area contributed by atoms with Gasteiger partial charge in [0.15, 0.2) is 6.10 Å². The summed E-state index contributed by atoms with van der Waals surface area (Å²) in [5.74, 6) is 0.772. The van der Waals surface area contributed by atoms with Crippen LogP contribution < -0.4 is 20.3 Å². The van der Waals surface area contributed by atoms with Gasteiger partial charge in [-0.15, -0.1) is 0 Å². The fraction of sp³-hybridized carbons (Fsp3) is 0.588. The second-order valence-electron chi connectivity index (χ2n) is 13.7. The van der Waals surface area contributed by atoms with Crippen molar-refractivity contribution in [1.29, 1.82) is 0 Å². The molecule has 6 rings (SSSR count). The number of hydrogen-bond donors (Lipinski definition) is 2. The summed E-state index contributed by atoms with van der Waals surface area (Å²) in [5, 5.41) is 4.55. The van der Waals surface area contributed by atoms with Gasteiger partial charge in [0.1, 0.15) is 18.1 Å². The standard InChI is InChI=1S/C34H46FN5O3/c1-34(2)8-5-24(6-9-34)30-21-25(3-4-31(30)43-29-7-10-37-23-29)32(41)39-15-17-40(18-16-39)33(42)26-19-27(35)22-28(20-26)38-13-11-36-12-14-38/h3-4,19-22,24,29,36-37H,5-18,23H2,1-2H3/p+2/t29-/m0/s1. The second-order valence-corrected chi connectivity index (χ2v) is 13.7. The summed E-state index contributed by atoms with van der Waals surface area (Å²) in [5.41, 5.74) is 3.37. The number of carbonyl (C=O) groups is 2. The van der Waals surface area contributed by atoms with E-state index in [2.05, 4.69) is 35.4 Å². The Morgan fingerprint density at radius 1 is 0.814 bits per heavy atom. The lowest BCUT2D eigenvalue weighted by molar-refractivity contribution is -0.655. The molecule has 43 heavy (non-hydrogen) atoms. The van der Waals surface area contributed by atoms with Crippen LogP contribution in [0, 0.1) is 11.2 Å². The number of quaternary nitrogens is 2. The van der Waals surface area contributed by atoms with Gasteiger partial charge in [0, 0.05) is 49.4 Å². The minimum Gasteiger partial charge on any atom is -0.484 e. The first-order chi connectivity index (χ1) is 20.8. The Balaban J connectivity index is 1.13. The molecule has 9 heteroatoms. The van der Waals surface area contributed by atoms with Crippen molar-refractivity contribution in [2.45, 2.75) is 58.0 Å². The number of anilines is 1. The smallest absolute Gasteiger partial charge is 0.254 e. The highest BCUT2D eigenvalue weighted by Crippen LogP contribution is 2.45. The molecule has 4 aliphatic rings. The number of ether oxygens (including phenoxy) is 1. The monoisotopic (exact) mass is 593 g/mol. The molecule has 232 valence electrons. The Hall–Kier alpha value is -3.17. The summed E-state index contributed by atoms with van der Waals surface area (Å²) in [4.78, 5) is 32.9. The van der Waals surface area contributed by atoms with E-state index in [4.69, 9.17) is 4.74 Å². The zero-order valence-electron chi connectivity index (χ0n) is 25.8. The molecule has 8 nitrogen and oxygen atoms in total. The molecule has 3 saturated heterocycles. The van der Waals surface area contributed by atoms with E-state index in [0.29, 0.717) is 48.6 Å². The molecule has 0 bridgehead atoms. The van der Waals surface area contributed by atoms with Crippen LogP contribution >= 0.6 is 0 Å². The van der Waals surface area contributed by atoms with Crippen LogP contribution in [0.3, 0.4) is 0 Å². The van der Waals surface area contributed by atoms with Gasteiger partial charge in [-0.05, 0) is 79.0 Å². The van der Waals surface area contributed by atoms with Crippen molar-refractivity contribution < 1.29 is 29.3 Å². The lowest BCUT2D eigenvalue weighted by Crippen LogP contribution is -2.89. The number of amides is 2. The van der Waals surface area contributed by atoms with Gasteiger partial charge in [0.25, 0.3) is 11.8 Å². The minimum absolute atomic E-state index is 0.000169. The van der Waals surface area contributed by atoms with E-state index in [9.17, 15) is 14.0 Å². The van der Waals surface area contributed by atoms with Crippen LogP contribution in [-0.2, 0) is 0 Å². The highest BCUT2D eigenvalue weighted by molar-refractivity contribution is 5.96. The zero-order valence-corrected chi connectivity index (χ0v) is 25.8. The van der Waals surface area contributed by atoms with Crippen LogP contribution in [0.1, 0.15) is 78.1 Å². The van der Waals surface area contributed by atoms with Gasteiger partial charge in [-0.3, -0.25) is 9.59 Å². The van der Waals surface area contributed by atoms with Crippen LogP contribution in [0.25, 0.3) is 0 Å². The van der Waals surface area contributed by atoms with E-state index in [-0.39, 0.29) is 23.7 Å². The molecule has 0 aromatic heterocycles. The molecule has 2 aromatic carbocycles. The third-order valence-corrected chi connectivity index (χ3v) is 10.0. The molecule has 0 unspecified atom stereocenters. The maximum atomic E-state index is 14.5. The molecule has 3 aliphatic heterocycles. The fourth-order valence-electron chi connectivity index (χ4n) is 7.20. The predicted octanol–water partition coefficient (Wildman–Crippen LogP) is 2.21. The van der Waals surface area contributed by atoms with Gasteiger partial charge in [0.2, 0.25) is 0 Å². The van der Waals surface area contributed by atoms with Crippen molar-refractivity contribution in [3.8, 4) is 5.75 Å². The van der Waals surface area contributed by atoms with Crippen LogP contribution in [0.4, 0.5) is 10.1 Å². The van der Waals surface area contributed by atoms with Gasteiger partial charge in [0.05, 0.1) is 32.7 Å². The summed E-state index contributed by atoms with van der Waals surface area (Å²) >= 11 is 0. The van der Waals surface area contributed by atoms with Gasteiger partial charge in [-0.25, -0.2) is 4.39 Å². The number of nitrogens with two attached hydrogens (primary N) is 2. The first-order valence-corrected chi connectivity index (χ1v) is 16.3. The SMILES string of the molecule is CC1(C)CCC(c2cc(C(=O)N3CCN(C(=O)c4cc(F)cc(N5CC[NH2+]CC5)c4)CC3)ccc2O[C@H]2CC[NH2+]C2)CC1. The summed E-state index contributed by atoms with van der Waals surface area (Å²) in [6.07, 6.45) is 5.83. The lowest BCUT2D eigenvalue weighted by Gasteiger charge is -2.36. The summed E-state index contributed by atoms with van der Waals surface area (Å²) in [6.45, 7) is 12.1. The maximum absolute atomic E-state index is 14.5. The van der Waals surface area contributed by atoms with Gasteiger partial charge in [-0.1, -0.05) is 13.8 Å². The highest BCUT2D eigenvalue weighted by atomic mass is 19.1.